The summed E-state index contributed by atoms with van der Waals surface area (Å²) < 4.78 is 0. The Morgan fingerprint density at radius 1 is 0.750 bits per heavy atom. The topological polar surface area (TPSA) is 24.7 Å². The van der Waals surface area contributed by atoms with Crippen molar-refractivity contribution < 1.29 is 0 Å². The molecule has 0 bridgehead atoms. The molecule has 0 saturated heterocycles. The fraction of sp³-hybridized carbons (Fsp3) is 0.125. The van der Waals surface area contributed by atoms with Crippen LogP contribution >= 0.6 is 23.2 Å². The van der Waals surface area contributed by atoms with E-state index in [1.807, 2.05) is 62.4 Å². The smallest absolute Gasteiger partial charge is 0.166 e. The van der Waals surface area contributed by atoms with Gasteiger partial charge in [-0.1, -0.05) is 47.5 Å². The van der Waals surface area contributed by atoms with Crippen molar-refractivity contribution in [2.24, 2.45) is 9.98 Å². The molecular weight excluding hydrogens is 291 g/mol. The van der Waals surface area contributed by atoms with Gasteiger partial charge in [-0.2, -0.15) is 0 Å². The Morgan fingerprint density at radius 3 is 1.50 bits per heavy atom. The van der Waals surface area contributed by atoms with Crippen molar-refractivity contribution in [1.29, 1.82) is 0 Å². The molecule has 2 nitrogen and oxygen atoms in total. The van der Waals surface area contributed by atoms with Gasteiger partial charge in [-0.05, 0) is 49.2 Å². The Balaban J connectivity index is 2.26. The highest BCUT2D eigenvalue weighted by molar-refractivity contribution is 7.00. The van der Waals surface area contributed by atoms with E-state index in [1.54, 1.807) is 0 Å². The average molecular weight is 305 g/mol. The van der Waals surface area contributed by atoms with Gasteiger partial charge >= 0.3 is 0 Å². The van der Waals surface area contributed by atoms with E-state index < -0.39 is 0 Å². The molecule has 0 radical (unpaired) electrons. The highest BCUT2D eigenvalue weighted by Crippen LogP contribution is 2.18. The molecule has 0 unspecified atom stereocenters. The van der Waals surface area contributed by atoms with Crippen LogP contribution in [0.5, 0.6) is 0 Å². The molecule has 0 heterocycles. The zero-order valence-electron chi connectivity index (χ0n) is 11.3. The van der Waals surface area contributed by atoms with Gasteiger partial charge < -0.3 is 0 Å². The number of aryl methyl sites for hydroxylation is 2. The minimum Gasteiger partial charge on any atom is -0.233 e. The van der Waals surface area contributed by atoms with E-state index >= 15 is 0 Å². The van der Waals surface area contributed by atoms with Crippen LogP contribution in [0.3, 0.4) is 0 Å². The normalized spacial score (nSPS) is 12.6. The first-order valence-corrected chi connectivity index (χ1v) is 6.92. The third-order valence-corrected chi connectivity index (χ3v) is 3.25. The van der Waals surface area contributed by atoms with Gasteiger partial charge in [-0.3, -0.25) is 0 Å². The first-order chi connectivity index (χ1) is 9.54. The van der Waals surface area contributed by atoms with E-state index in [0.717, 1.165) is 22.5 Å². The Kier molecular flexibility index (Phi) is 4.94. The number of rotatable bonds is 3. The third-order valence-electron chi connectivity index (χ3n) is 2.63. The van der Waals surface area contributed by atoms with Crippen LogP contribution in [0.25, 0.3) is 0 Å². The molecule has 0 amide bonds. The summed E-state index contributed by atoms with van der Waals surface area (Å²) in [6.07, 6.45) is 0. The number of benzene rings is 2. The highest BCUT2D eigenvalue weighted by Gasteiger charge is 2.04. The third kappa shape index (κ3) is 4.19. The Hall–Kier alpha value is -1.64. The van der Waals surface area contributed by atoms with Crippen LogP contribution in [-0.2, 0) is 0 Å². The summed E-state index contributed by atoms with van der Waals surface area (Å²) in [4.78, 5) is 8.52. The lowest BCUT2D eigenvalue weighted by Crippen LogP contribution is -1.98. The highest BCUT2D eigenvalue weighted by atomic mass is 35.5. The molecule has 2 aromatic carbocycles. The van der Waals surface area contributed by atoms with E-state index in [-0.39, 0.29) is 10.3 Å². The van der Waals surface area contributed by atoms with Crippen LogP contribution in [0.4, 0.5) is 11.4 Å². The summed E-state index contributed by atoms with van der Waals surface area (Å²) in [6, 6.07) is 15.4. The molecule has 0 fully saturated rings. The predicted molar refractivity (Wildman–Crippen MR) is 88.3 cm³/mol. The van der Waals surface area contributed by atoms with E-state index in [9.17, 15) is 0 Å². The lowest BCUT2D eigenvalue weighted by atomic mass is 10.2. The summed E-state index contributed by atoms with van der Waals surface area (Å²) in [5.41, 5.74) is 3.74. The van der Waals surface area contributed by atoms with E-state index in [1.165, 1.54) is 0 Å². The van der Waals surface area contributed by atoms with Gasteiger partial charge in [0.25, 0.3) is 0 Å². The molecule has 2 rings (SSSR count). The second kappa shape index (κ2) is 6.69. The van der Waals surface area contributed by atoms with Gasteiger partial charge in [-0.25, -0.2) is 9.98 Å². The number of hydrogen-bond acceptors (Lipinski definition) is 2. The molecule has 0 spiro atoms. The fourth-order valence-electron chi connectivity index (χ4n) is 1.71. The second-order valence-electron chi connectivity index (χ2n) is 4.48. The standard InChI is InChI=1S/C16H14Cl2N2/c1-11-5-3-7-13(9-11)19-15(17)16(18)20-14-8-4-6-12(2)10-14/h3-10H,1-2H3. The fourth-order valence-corrected chi connectivity index (χ4v) is 1.99. The van der Waals surface area contributed by atoms with Crippen molar-refractivity contribution >= 4 is 44.9 Å². The van der Waals surface area contributed by atoms with Crippen LogP contribution in [0, 0.1) is 13.8 Å². The molecular formula is C16H14Cl2N2. The first kappa shape index (κ1) is 14.8. The van der Waals surface area contributed by atoms with Crippen LogP contribution < -0.4 is 0 Å². The number of aliphatic imine (C=N–C) groups is 2. The van der Waals surface area contributed by atoms with Gasteiger partial charge in [0.1, 0.15) is 0 Å². The Bertz CT molecular complexity index is 616. The zero-order valence-corrected chi connectivity index (χ0v) is 12.8. The largest absolute Gasteiger partial charge is 0.233 e. The maximum atomic E-state index is 6.10. The summed E-state index contributed by atoms with van der Waals surface area (Å²) >= 11 is 12.2. The minimum atomic E-state index is 0.179. The van der Waals surface area contributed by atoms with Crippen LogP contribution in [0.2, 0.25) is 0 Å². The van der Waals surface area contributed by atoms with Gasteiger partial charge in [0.15, 0.2) is 10.3 Å². The molecule has 4 heteroatoms. The maximum absolute atomic E-state index is 6.10. The zero-order chi connectivity index (χ0) is 14.5. The molecule has 0 atom stereocenters. The molecule has 0 saturated carbocycles. The van der Waals surface area contributed by atoms with Crippen molar-refractivity contribution in [3.63, 3.8) is 0 Å². The van der Waals surface area contributed by atoms with E-state index in [2.05, 4.69) is 9.98 Å². The molecule has 2 aromatic rings. The van der Waals surface area contributed by atoms with E-state index in [4.69, 9.17) is 23.2 Å². The van der Waals surface area contributed by atoms with Gasteiger partial charge in [0.05, 0.1) is 11.4 Å². The summed E-state index contributed by atoms with van der Waals surface area (Å²) in [5, 5.41) is 0.359. The molecule has 0 aliphatic carbocycles. The number of halogens is 2. The van der Waals surface area contributed by atoms with Crippen LogP contribution in [0.15, 0.2) is 58.5 Å². The van der Waals surface area contributed by atoms with Crippen LogP contribution in [-0.4, -0.2) is 10.3 Å². The van der Waals surface area contributed by atoms with Gasteiger partial charge in [0, 0.05) is 0 Å². The Labute approximate surface area is 128 Å². The van der Waals surface area contributed by atoms with Crippen LogP contribution in [0.1, 0.15) is 11.1 Å². The summed E-state index contributed by atoms with van der Waals surface area (Å²) in [5.74, 6) is 0. The monoisotopic (exact) mass is 304 g/mol. The van der Waals surface area contributed by atoms with Gasteiger partial charge in [-0.15, -0.1) is 0 Å². The quantitative estimate of drug-likeness (QED) is 0.665. The van der Waals surface area contributed by atoms with Crippen molar-refractivity contribution in [2.45, 2.75) is 13.8 Å². The van der Waals surface area contributed by atoms with Crippen molar-refractivity contribution in [2.75, 3.05) is 0 Å². The molecule has 0 aliphatic heterocycles. The predicted octanol–water partition coefficient (Wildman–Crippen LogP) is 5.54. The van der Waals surface area contributed by atoms with E-state index in [0.29, 0.717) is 0 Å². The van der Waals surface area contributed by atoms with Crippen molar-refractivity contribution in [3.8, 4) is 0 Å². The maximum Gasteiger partial charge on any atom is 0.166 e. The summed E-state index contributed by atoms with van der Waals surface area (Å²) in [7, 11) is 0. The van der Waals surface area contributed by atoms with Crippen molar-refractivity contribution in [1.82, 2.24) is 0 Å². The molecule has 0 aromatic heterocycles. The molecule has 102 valence electrons. The average Bonchev–Trinajstić information content (AvgIpc) is 2.38. The lowest BCUT2D eigenvalue weighted by molar-refractivity contribution is 1.43. The molecule has 20 heavy (non-hydrogen) atoms. The van der Waals surface area contributed by atoms with Crippen molar-refractivity contribution in [3.05, 3.63) is 59.7 Å². The molecule has 0 N–H and O–H groups in total. The SMILES string of the molecule is Cc1cccc(N=C(Cl)C(Cl)=Nc2cccc(C)c2)c1. The number of nitrogens with zero attached hydrogens (tertiary/aromatic N) is 2. The first-order valence-electron chi connectivity index (χ1n) is 6.17. The summed E-state index contributed by atoms with van der Waals surface area (Å²) in [6.45, 7) is 3.99. The molecule has 0 aliphatic rings. The minimum absolute atomic E-state index is 0.179. The second-order valence-corrected chi connectivity index (χ2v) is 5.20. The lowest BCUT2D eigenvalue weighted by Gasteiger charge is -2.00. The number of hydrogen-bond donors (Lipinski definition) is 0. The Morgan fingerprint density at radius 2 is 1.15 bits per heavy atom. The van der Waals surface area contributed by atoms with Gasteiger partial charge in [0.2, 0.25) is 0 Å².